The van der Waals surface area contributed by atoms with E-state index in [0.717, 1.165) is 26.2 Å². The molecule has 0 aromatic rings. The van der Waals surface area contributed by atoms with E-state index in [1.54, 1.807) is 0 Å². The summed E-state index contributed by atoms with van der Waals surface area (Å²) in [6.45, 7) is 12.7. The number of hydrogen-bond acceptors (Lipinski definition) is 4. The molecule has 1 N–H and O–H groups in total. The predicted molar refractivity (Wildman–Crippen MR) is 73.6 cm³/mol. The summed E-state index contributed by atoms with van der Waals surface area (Å²) in [4.78, 5) is 14.2. The quantitative estimate of drug-likeness (QED) is 0.734. The summed E-state index contributed by atoms with van der Waals surface area (Å²) in [6, 6.07) is -0.184. The van der Waals surface area contributed by atoms with Crippen molar-refractivity contribution in [3.05, 3.63) is 0 Å². The number of nitrogens with zero attached hydrogens (tertiary/aromatic N) is 1. The maximum atomic E-state index is 11.8. The Morgan fingerprint density at radius 3 is 2.44 bits per heavy atom. The van der Waals surface area contributed by atoms with E-state index < -0.39 is 0 Å². The molecule has 4 nitrogen and oxygen atoms in total. The molecule has 1 heterocycles. The summed E-state index contributed by atoms with van der Waals surface area (Å²) in [7, 11) is 0. The fraction of sp³-hybridized carbons (Fsp3) is 0.929. The van der Waals surface area contributed by atoms with Crippen molar-refractivity contribution < 1.29 is 9.53 Å². The minimum atomic E-state index is -0.184. The van der Waals surface area contributed by atoms with Crippen LogP contribution < -0.4 is 5.32 Å². The van der Waals surface area contributed by atoms with Crippen LogP contribution in [0.5, 0.6) is 0 Å². The second-order valence-corrected chi connectivity index (χ2v) is 5.83. The molecule has 0 radical (unpaired) electrons. The van der Waals surface area contributed by atoms with Gasteiger partial charge in [-0.05, 0) is 44.8 Å². The molecular weight excluding hydrogens is 228 g/mol. The molecule has 0 spiro atoms. The summed E-state index contributed by atoms with van der Waals surface area (Å²) in [5, 5.41) is 3.22. The van der Waals surface area contributed by atoms with Gasteiger partial charge < -0.3 is 15.0 Å². The molecule has 1 fully saturated rings. The molecule has 1 atom stereocenters. The first kappa shape index (κ1) is 15.4. The first-order chi connectivity index (χ1) is 8.48. The van der Waals surface area contributed by atoms with Crippen LogP contribution in [-0.4, -0.2) is 49.7 Å². The van der Waals surface area contributed by atoms with Crippen LogP contribution in [-0.2, 0) is 9.53 Å². The Hall–Kier alpha value is -0.610. The maximum Gasteiger partial charge on any atom is 0.324 e. The van der Waals surface area contributed by atoms with Gasteiger partial charge in [0.2, 0.25) is 0 Å². The fourth-order valence-corrected chi connectivity index (χ4v) is 2.31. The third kappa shape index (κ3) is 4.94. The standard InChI is InChI=1S/C14H28N2O2/c1-5-15-12(13(17)18-6-2)11-16-9-7-14(3,4)8-10-16/h12,15H,5-11H2,1-4H3. The number of likely N-dealkylation sites (N-methyl/N-ethyl adjacent to an activating group) is 1. The van der Waals surface area contributed by atoms with Crippen molar-refractivity contribution >= 4 is 5.97 Å². The van der Waals surface area contributed by atoms with Crippen LogP contribution in [0.2, 0.25) is 0 Å². The molecule has 1 unspecified atom stereocenters. The zero-order valence-electron chi connectivity index (χ0n) is 12.3. The number of likely N-dealkylation sites (tertiary alicyclic amines) is 1. The van der Waals surface area contributed by atoms with E-state index in [4.69, 9.17) is 4.74 Å². The lowest BCUT2D eigenvalue weighted by molar-refractivity contribution is -0.146. The second kappa shape index (κ2) is 7.10. The average Bonchev–Trinajstić information content (AvgIpc) is 2.31. The van der Waals surface area contributed by atoms with Crippen molar-refractivity contribution in [3.63, 3.8) is 0 Å². The molecule has 0 aromatic heterocycles. The minimum absolute atomic E-state index is 0.121. The van der Waals surface area contributed by atoms with Crippen LogP contribution in [0, 0.1) is 5.41 Å². The highest BCUT2D eigenvalue weighted by molar-refractivity contribution is 5.76. The molecule has 0 saturated carbocycles. The molecule has 4 heteroatoms. The van der Waals surface area contributed by atoms with Crippen molar-refractivity contribution in [2.75, 3.05) is 32.8 Å². The highest BCUT2D eigenvalue weighted by atomic mass is 16.5. The summed E-state index contributed by atoms with van der Waals surface area (Å²) in [5.41, 5.74) is 0.452. The molecule has 0 bridgehead atoms. The molecule has 106 valence electrons. The number of esters is 1. The normalized spacial score (nSPS) is 21.6. The van der Waals surface area contributed by atoms with Crippen LogP contribution in [0.15, 0.2) is 0 Å². The van der Waals surface area contributed by atoms with Crippen molar-refractivity contribution in [2.24, 2.45) is 5.41 Å². The van der Waals surface area contributed by atoms with Gasteiger partial charge in [-0.25, -0.2) is 0 Å². The third-order valence-electron chi connectivity index (χ3n) is 3.67. The van der Waals surface area contributed by atoms with Gasteiger partial charge in [-0.3, -0.25) is 4.79 Å². The van der Waals surface area contributed by atoms with Gasteiger partial charge in [0.15, 0.2) is 0 Å². The number of rotatable bonds is 6. The number of piperidine rings is 1. The van der Waals surface area contributed by atoms with Crippen molar-refractivity contribution in [1.82, 2.24) is 10.2 Å². The van der Waals surface area contributed by atoms with E-state index in [1.807, 2.05) is 13.8 Å². The molecule has 18 heavy (non-hydrogen) atoms. The van der Waals surface area contributed by atoms with E-state index in [2.05, 4.69) is 24.1 Å². The third-order valence-corrected chi connectivity index (χ3v) is 3.67. The molecule has 0 aromatic carbocycles. The van der Waals surface area contributed by atoms with Gasteiger partial charge in [0, 0.05) is 6.54 Å². The van der Waals surface area contributed by atoms with Crippen LogP contribution >= 0.6 is 0 Å². The lowest BCUT2D eigenvalue weighted by Crippen LogP contribution is -2.49. The Balaban J connectivity index is 2.44. The minimum Gasteiger partial charge on any atom is -0.465 e. The van der Waals surface area contributed by atoms with E-state index >= 15 is 0 Å². The molecule has 1 aliphatic rings. The van der Waals surface area contributed by atoms with Crippen LogP contribution in [0.1, 0.15) is 40.5 Å². The Kier molecular flexibility index (Phi) is 6.09. The number of nitrogens with one attached hydrogen (secondary N) is 1. The van der Waals surface area contributed by atoms with Gasteiger partial charge in [-0.15, -0.1) is 0 Å². The van der Waals surface area contributed by atoms with Crippen LogP contribution in [0.3, 0.4) is 0 Å². The van der Waals surface area contributed by atoms with Gasteiger partial charge in [0.1, 0.15) is 6.04 Å². The smallest absolute Gasteiger partial charge is 0.324 e. The molecule has 0 amide bonds. The van der Waals surface area contributed by atoms with Gasteiger partial charge in [-0.1, -0.05) is 20.8 Å². The van der Waals surface area contributed by atoms with Crippen LogP contribution in [0.4, 0.5) is 0 Å². The van der Waals surface area contributed by atoms with E-state index in [0.29, 0.717) is 12.0 Å². The highest BCUT2D eigenvalue weighted by Crippen LogP contribution is 2.29. The predicted octanol–water partition coefficient (Wildman–Crippen LogP) is 1.65. The molecule has 1 rings (SSSR count). The monoisotopic (exact) mass is 256 g/mol. The summed E-state index contributed by atoms with van der Waals surface area (Å²) in [5.74, 6) is -0.121. The number of hydrogen-bond donors (Lipinski definition) is 1. The Morgan fingerprint density at radius 2 is 1.94 bits per heavy atom. The van der Waals surface area contributed by atoms with Gasteiger partial charge >= 0.3 is 5.97 Å². The fourth-order valence-electron chi connectivity index (χ4n) is 2.31. The summed E-state index contributed by atoms with van der Waals surface area (Å²) < 4.78 is 5.11. The molecular formula is C14H28N2O2. The van der Waals surface area contributed by atoms with Crippen molar-refractivity contribution in [2.45, 2.75) is 46.6 Å². The average molecular weight is 256 g/mol. The highest BCUT2D eigenvalue weighted by Gasteiger charge is 2.28. The van der Waals surface area contributed by atoms with E-state index in [9.17, 15) is 4.79 Å². The topological polar surface area (TPSA) is 41.6 Å². The first-order valence-corrected chi connectivity index (χ1v) is 7.11. The van der Waals surface area contributed by atoms with E-state index in [-0.39, 0.29) is 12.0 Å². The maximum absolute atomic E-state index is 11.8. The number of carbonyl (C=O) groups excluding carboxylic acids is 1. The van der Waals surface area contributed by atoms with Gasteiger partial charge in [0.05, 0.1) is 6.61 Å². The first-order valence-electron chi connectivity index (χ1n) is 7.11. The van der Waals surface area contributed by atoms with Crippen molar-refractivity contribution in [3.8, 4) is 0 Å². The zero-order valence-corrected chi connectivity index (χ0v) is 12.3. The van der Waals surface area contributed by atoms with Gasteiger partial charge in [0.25, 0.3) is 0 Å². The SMILES string of the molecule is CCNC(CN1CCC(C)(C)CC1)C(=O)OCC. The second-order valence-electron chi connectivity index (χ2n) is 5.83. The zero-order chi connectivity index (χ0) is 13.6. The summed E-state index contributed by atoms with van der Waals surface area (Å²) >= 11 is 0. The molecule has 0 aliphatic carbocycles. The number of ether oxygens (including phenoxy) is 1. The largest absolute Gasteiger partial charge is 0.465 e. The Morgan fingerprint density at radius 1 is 1.33 bits per heavy atom. The van der Waals surface area contributed by atoms with E-state index in [1.165, 1.54) is 12.8 Å². The Bertz CT molecular complexity index is 257. The van der Waals surface area contributed by atoms with Crippen molar-refractivity contribution in [1.29, 1.82) is 0 Å². The Labute approximate surface area is 111 Å². The lowest BCUT2D eigenvalue weighted by Gasteiger charge is -2.38. The van der Waals surface area contributed by atoms with Gasteiger partial charge in [-0.2, -0.15) is 0 Å². The number of carbonyl (C=O) groups is 1. The molecule has 1 aliphatic heterocycles. The summed E-state index contributed by atoms with van der Waals surface area (Å²) in [6.07, 6.45) is 2.41. The van der Waals surface area contributed by atoms with Crippen LogP contribution in [0.25, 0.3) is 0 Å². The lowest BCUT2D eigenvalue weighted by atomic mass is 9.82. The molecule has 1 saturated heterocycles.